The minimum Gasteiger partial charge on any atom is -0.298 e. The highest BCUT2D eigenvalue weighted by Crippen LogP contribution is 2.53. The molecule has 0 spiro atoms. The standard InChI is InChI=1S/C12H11ClO3S/c1-9(14)12(7-10(12)8-13)17(15,16)11-5-3-2-4-6-11/h2-6,8H,7H2,1H3/b10-8+/t12-/m1/s1. The molecule has 1 saturated carbocycles. The van der Waals surface area contributed by atoms with Gasteiger partial charge in [-0.2, -0.15) is 0 Å². The molecule has 3 nitrogen and oxygen atoms in total. The molecule has 1 aliphatic carbocycles. The van der Waals surface area contributed by atoms with Gasteiger partial charge >= 0.3 is 0 Å². The second-order valence-electron chi connectivity index (χ2n) is 4.01. The lowest BCUT2D eigenvalue weighted by Crippen LogP contribution is -2.31. The molecule has 5 heteroatoms. The molecule has 90 valence electrons. The fourth-order valence-corrected chi connectivity index (χ4v) is 4.33. The van der Waals surface area contributed by atoms with E-state index >= 15 is 0 Å². The number of Topliss-reactive ketones (excluding diaryl/α,β-unsaturated/α-hetero) is 1. The Morgan fingerprint density at radius 1 is 1.35 bits per heavy atom. The quantitative estimate of drug-likeness (QED) is 0.847. The molecule has 1 atom stereocenters. The molecule has 1 aromatic carbocycles. The zero-order valence-electron chi connectivity index (χ0n) is 9.18. The van der Waals surface area contributed by atoms with Crippen molar-refractivity contribution >= 4 is 27.2 Å². The summed E-state index contributed by atoms with van der Waals surface area (Å²) >= 11 is 5.54. The van der Waals surface area contributed by atoms with Crippen LogP contribution in [0.3, 0.4) is 0 Å². The number of hydrogen-bond acceptors (Lipinski definition) is 3. The average Bonchev–Trinajstić information content (AvgIpc) is 3.06. The molecule has 0 N–H and O–H groups in total. The molecule has 0 heterocycles. The smallest absolute Gasteiger partial charge is 0.195 e. The van der Waals surface area contributed by atoms with E-state index < -0.39 is 14.6 Å². The molecular formula is C12H11ClO3S. The summed E-state index contributed by atoms with van der Waals surface area (Å²) in [7, 11) is -3.69. The van der Waals surface area contributed by atoms with Crippen LogP contribution in [0.2, 0.25) is 0 Å². The van der Waals surface area contributed by atoms with E-state index in [-0.39, 0.29) is 17.1 Å². The van der Waals surface area contributed by atoms with Crippen molar-refractivity contribution in [2.75, 3.05) is 0 Å². The number of ketones is 1. The maximum Gasteiger partial charge on any atom is 0.195 e. The van der Waals surface area contributed by atoms with Crippen LogP contribution in [-0.2, 0) is 14.6 Å². The Labute approximate surface area is 105 Å². The predicted octanol–water partition coefficient (Wildman–Crippen LogP) is 2.31. The molecule has 2 rings (SSSR count). The number of benzene rings is 1. The summed E-state index contributed by atoms with van der Waals surface area (Å²) in [6.45, 7) is 1.29. The highest BCUT2D eigenvalue weighted by molar-refractivity contribution is 7.94. The van der Waals surface area contributed by atoms with Crippen LogP contribution in [0.25, 0.3) is 0 Å². The Morgan fingerprint density at radius 2 is 1.94 bits per heavy atom. The monoisotopic (exact) mass is 270 g/mol. The van der Waals surface area contributed by atoms with Crippen molar-refractivity contribution in [3.63, 3.8) is 0 Å². The van der Waals surface area contributed by atoms with Gasteiger partial charge in [-0.1, -0.05) is 29.8 Å². The summed E-state index contributed by atoms with van der Waals surface area (Å²) < 4.78 is 23.4. The molecule has 1 aromatic rings. The van der Waals surface area contributed by atoms with E-state index in [1.165, 1.54) is 24.6 Å². The van der Waals surface area contributed by atoms with Gasteiger partial charge in [0.15, 0.2) is 20.4 Å². The fraction of sp³-hybridized carbons (Fsp3) is 0.250. The van der Waals surface area contributed by atoms with E-state index in [9.17, 15) is 13.2 Å². The third-order valence-electron chi connectivity index (χ3n) is 3.05. The van der Waals surface area contributed by atoms with Crippen molar-refractivity contribution in [2.45, 2.75) is 23.0 Å². The lowest BCUT2D eigenvalue weighted by molar-refractivity contribution is -0.117. The van der Waals surface area contributed by atoms with Crippen molar-refractivity contribution < 1.29 is 13.2 Å². The third kappa shape index (κ3) is 1.63. The molecule has 0 aliphatic heterocycles. The van der Waals surface area contributed by atoms with Crippen molar-refractivity contribution in [1.29, 1.82) is 0 Å². The number of rotatable bonds is 3. The van der Waals surface area contributed by atoms with E-state index in [1.807, 2.05) is 0 Å². The Balaban J connectivity index is 2.58. The summed E-state index contributed by atoms with van der Waals surface area (Å²) in [5, 5.41) is 0. The highest BCUT2D eigenvalue weighted by Gasteiger charge is 2.63. The summed E-state index contributed by atoms with van der Waals surface area (Å²) in [6, 6.07) is 7.97. The van der Waals surface area contributed by atoms with Gasteiger partial charge < -0.3 is 0 Å². The maximum absolute atomic E-state index is 12.4. The van der Waals surface area contributed by atoms with Gasteiger partial charge in [-0.05, 0) is 24.6 Å². The molecule has 17 heavy (non-hydrogen) atoms. The second kappa shape index (κ2) is 3.96. The van der Waals surface area contributed by atoms with E-state index in [1.54, 1.807) is 18.2 Å². The largest absolute Gasteiger partial charge is 0.298 e. The first-order chi connectivity index (χ1) is 7.96. The predicted molar refractivity (Wildman–Crippen MR) is 65.6 cm³/mol. The Morgan fingerprint density at radius 3 is 2.35 bits per heavy atom. The average molecular weight is 271 g/mol. The lowest BCUT2D eigenvalue weighted by Gasteiger charge is -2.12. The molecule has 1 aliphatic rings. The van der Waals surface area contributed by atoms with Gasteiger partial charge in [0.2, 0.25) is 0 Å². The van der Waals surface area contributed by atoms with Crippen LogP contribution in [-0.4, -0.2) is 18.9 Å². The molecule has 0 amide bonds. The van der Waals surface area contributed by atoms with E-state index in [2.05, 4.69) is 0 Å². The first-order valence-electron chi connectivity index (χ1n) is 5.07. The van der Waals surface area contributed by atoms with Gasteiger partial charge in [0.05, 0.1) is 4.90 Å². The van der Waals surface area contributed by atoms with Crippen molar-refractivity contribution in [3.05, 3.63) is 41.4 Å². The van der Waals surface area contributed by atoms with E-state index in [4.69, 9.17) is 11.6 Å². The lowest BCUT2D eigenvalue weighted by atomic mass is 10.3. The van der Waals surface area contributed by atoms with Crippen molar-refractivity contribution in [3.8, 4) is 0 Å². The molecule has 0 saturated heterocycles. The molecule has 0 unspecified atom stereocenters. The zero-order chi connectivity index (χ0) is 12.7. The minimum atomic E-state index is -3.69. The molecule has 1 fully saturated rings. The van der Waals surface area contributed by atoms with Gasteiger partial charge in [-0.15, -0.1) is 0 Å². The van der Waals surface area contributed by atoms with Gasteiger partial charge in [-0.25, -0.2) is 8.42 Å². The molecule has 0 aromatic heterocycles. The number of carbonyl (C=O) groups is 1. The minimum absolute atomic E-state index is 0.156. The van der Waals surface area contributed by atoms with E-state index in [0.717, 1.165) is 0 Å². The first kappa shape index (κ1) is 12.3. The fourth-order valence-electron chi connectivity index (χ4n) is 1.96. The summed E-state index contributed by atoms with van der Waals surface area (Å²) in [5.41, 5.74) is 1.66. The number of hydrogen-bond donors (Lipinski definition) is 0. The van der Waals surface area contributed by atoms with Crippen LogP contribution >= 0.6 is 11.6 Å². The number of carbonyl (C=O) groups excluding carboxylic acids is 1. The normalized spacial score (nSPS) is 25.9. The zero-order valence-corrected chi connectivity index (χ0v) is 10.8. The SMILES string of the molecule is CC(=O)[C@]1(S(=O)(=O)c2ccccc2)C/C1=C\Cl. The Bertz CT molecular complexity index is 589. The van der Waals surface area contributed by atoms with Crippen LogP contribution in [0.4, 0.5) is 0 Å². The van der Waals surface area contributed by atoms with Crippen LogP contribution in [0.15, 0.2) is 46.3 Å². The van der Waals surface area contributed by atoms with Gasteiger partial charge in [0, 0.05) is 12.0 Å². The van der Waals surface area contributed by atoms with Gasteiger partial charge in [-0.3, -0.25) is 4.79 Å². The molecule has 0 radical (unpaired) electrons. The second-order valence-corrected chi connectivity index (χ2v) is 6.40. The highest BCUT2D eigenvalue weighted by atomic mass is 35.5. The van der Waals surface area contributed by atoms with E-state index in [0.29, 0.717) is 5.57 Å². The third-order valence-corrected chi connectivity index (χ3v) is 5.81. The van der Waals surface area contributed by atoms with Gasteiger partial charge in [0.1, 0.15) is 0 Å². The summed E-state index contributed by atoms with van der Waals surface area (Å²) in [5.74, 6) is -0.381. The van der Waals surface area contributed by atoms with Crippen LogP contribution in [0, 0.1) is 0 Å². The summed E-state index contributed by atoms with van der Waals surface area (Å²) in [4.78, 5) is 11.8. The Hall–Kier alpha value is -1.13. The van der Waals surface area contributed by atoms with Crippen molar-refractivity contribution in [2.24, 2.45) is 0 Å². The number of halogens is 1. The van der Waals surface area contributed by atoms with Crippen molar-refractivity contribution in [1.82, 2.24) is 0 Å². The van der Waals surface area contributed by atoms with Crippen LogP contribution < -0.4 is 0 Å². The van der Waals surface area contributed by atoms with Crippen LogP contribution in [0.5, 0.6) is 0 Å². The summed E-state index contributed by atoms with van der Waals surface area (Å²) in [6.07, 6.45) is 0.197. The topological polar surface area (TPSA) is 51.2 Å². The maximum atomic E-state index is 12.4. The van der Waals surface area contributed by atoms with Gasteiger partial charge in [0.25, 0.3) is 0 Å². The molecular weight excluding hydrogens is 260 g/mol. The van der Waals surface area contributed by atoms with Crippen LogP contribution in [0.1, 0.15) is 13.3 Å². The first-order valence-corrected chi connectivity index (χ1v) is 6.99. The number of sulfone groups is 1. The Kier molecular flexibility index (Phi) is 2.87. The molecule has 0 bridgehead atoms.